The van der Waals surface area contributed by atoms with E-state index in [1.807, 2.05) is 0 Å². The number of hydrogen-bond donors (Lipinski definition) is 3. The summed E-state index contributed by atoms with van der Waals surface area (Å²) in [7, 11) is 0. The van der Waals surface area contributed by atoms with E-state index in [9.17, 15) is 9.00 Å². The molecule has 0 aliphatic heterocycles. The number of aliphatic carboxylic acids is 1. The summed E-state index contributed by atoms with van der Waals surface area (Å²) >= 11 is 2.54. The summed E-state index contributed by atoms with van der Waals surface area (Å²) in [5, 5.41) is 12.1. The van der Waals surface area contributed by atoms with Crippen molar-refractivity contribution in [3.8, 4) is 0 Å². The molecule has 2 unspecified atom stereocenters. The third-order valence-electron chi connectivity index (χ3n) is 1.03. The molecule has 0 aliphatic rings. The van der Waals surface area contributed by atoms with E-state index >= 15 is 0 Å². The highest BCUT2D eigenvalue weighted by Gasteiger charge is 2.09. The van der Waals surface area contributed by atoms with E-state index in [0.29, 0.717) is 0 Å². The molecule has 7 heteroatoms. The first-order chi connectivity index (χ1) is 5.56. The second-order valence-corrected chi connectivity index (χ2v) is 3.21. The summed E-state index contributed by atoms with van der Waals surface area (Å²) in [6.07, 6.45) is -0.180. The molecule has 0 heterocycles. The van der Waals surface area contributed by atoms with Crippen molar-refractivity contribution in [2.24, 2.45) is 0 Å². The zero-order valence-corrected chi connectivity index (χ0v) is 7.73. The third kappa shape index (κ3) is 6.35. The second-order valence-electron chi connectivity index (χ2n) is 2.01. The largest absolute Gasteiger partial charge is 0.481 e. The highest BCUT2D eigenvalue weighted by molar-refractivity contribution is 7.79. The molecule has 5 nitrogen and oxygen atoms in total. The van der Waals surface area contributed by atoms with Gasteiger partial charge in [0.15, 0.2) is 11.1 Å². The maximum atomic E-state index is 10.2. The van der Waals surface area contributed by atoms with Crippen molar-refractivity contribution in [1.29, 1.82) is 0 Å². The number of hydrogen-bond acceptors (Lipinski definition) is 4. The molecule has 12 heavy (non-hydrogen) atoms. The summed E-state index contributed by atoms with van der Waals surface area (Å²) in [6.45, 7) is 0. The average Bonchev–Trinajstić information content (AvgIpc) is 1.97. The number of thiocarbonyl (C=S) groups is 1. The Morgan fingerprint density at radius 3 is 2.67 bits per heavy atom. The van der Waals surface area contributed by atoms with E-state index < -0.39 is 23.1 Å². The predicted molar refractivity (Wildman–Crippen MR) is 48.5 cm³/mol. The van der Waals surface area contributed by atoms with Crippen molar-refractivity contribution >= 4 is 34.6 Å². The Morgan fingerprint density at radius 1 is 1.75 bits per heavy atom. The third-order valence-corrected chi connectivity index (χ3v) is 1.77. The van der Waals surface area contributed by atoms with Gasteiger partial charge in [0, 0.05) is 6.04 Å². The molecule has 0 saturated carbocycles. The van der Waals surface area contributed by atoms with Crippen LogP contribution in [0.2, 0.25) is 0 Å². The minimum atomic E-state index is -1.97. The maximum absolute atomic E-state index is 10.2. The number of carboxylic acid groups (broad SMARTS) is 1. The molecule has 0 aromatic rings. The monoisotopic (exact) mass is 211 g/mol. The Morgan fingerprint density at radius 2 is 2.33 bits per heavy atom. The van der Waals surface area contributed by atoms with E-state index in [4.69, 9.17) is 9.66 Å². The van der Waals surface area contributed by atoms with Gasteiger partial charge in [-0.3, -0.25) is 10.1 Å². The molecule has 0 spiro atoms. The van der Waals surface area contributed by atoms with Crippen molar-refractivity contribution in [1.82, 2.24) is 5.32 Å². The highest BCUT2D eigenvalue weighted by Crippen LogP contribution is 1.89. The molecule has 3 N–H and O–H groups in total. The van der Waals surface area contributed by atoms with Crippen molar-refractivity contribution in [2.75, 3.05) is 5.88 Å². The minimum absolute atomic E-state index is 0.176. The lowest BCUT2D eigenvalue weighted by Crippen LogP contribution is -2.34. The zero-order chi connectivity index (χ0) is 9.56. The van der Waals surface area contributed by atoms with Gasteiger partial charge in [-0.25, -0.2) is 4.21 Å². The molecule has 0 amide bonds. The lowest BCUT2D eigenvalue weighted by atomic mass is 10.2. The van der Waals surface area contributed by atoms with Gasteiger partial charge in [-0.05, 0) is 5.37 Å². The SMILES string of the molecule is O=C(O)CC(C=S)NCS(=O)O. The van der Waals surface area contributed by atoms with Crippen molar-refractivity contribution in [3.63, 3.8) is 0 Å². The molecule has 0 aromatic carbocycles. The number of carbonyl (C=O) groups is 1. The van der Waals surface area contributed by atoms with Gasteiger partial charge >= 0.3 is 5.97 Å². The molecule has 0 saturated heterocycles. The standard InChI is InChI=1S/C5H9NO4S2/c7-5(8)1-4(2-11)6-3-12(9)10/h2,4,6H,1,3H2,(H,7,8)(H,9,10). The summed E-state index contributed by atoms with van der Waals surface area (Å²) in [6, 6.07) is -0.534. The molecule has 0 bridgehead atoms. The van der Waals surface area contributed by atoms with Gasteiger partial charge in [-0.2, -0.15) is 0 Å². The Hall–Kier alpha value is -0.370. The van der Waals surface area contributed by atoms with Crippen molar-refractivity contribution < 1.29 is 18.7 Å². The normalized spacial score (nSPS) is 15.1. The van der Waals surface area contributed by atoms with E-state index in [0.717, 1.165) is 0 Å². The summed E-state index contributed by atoms with van der Waals surface area (Å²) in [5.74, 6) is -1.18. The lowest BCUT2D eigenvalue weighted by Gasteiger charge is -2.08. The van der Waals surface area contributed by atoms with Crippen LogP contribution in [0.4, 0.5) is 0 Å². The highest BCUT2D eigenvalue weighted by atomic mass is 32.2. The van der Waals surface area contributed by atoms with Gasteiger partial charge in [-0.15, -0.1) is 0 Å². The molecule has 0 aromatic heterocycles. The van der Waals surface area contributed by atoms with Crippen LogP contribution in [0, 0.1) is 0 Å². The minimum Gasteiger partial charge on any atom is -0.481 e. The molecule has 0 radical (unpaired) electrons. The van der Waals surface area contributed by atoms with Crippen LogP contribution >= 0.6 is 12.2 Å². The Labute approximate surface area is 77.4 Å². The fourth-order valence-electron chi connectivity index (χ4n) is 0.535. The molecule has 0 rings (SSSR count). The van der Waals surface area contributed by atoms with Crippen LogP contribution in [-0.4, -0.2) is 37.1 Å². The smallest absolute Gasteiger partial charge is 0.305 e. The number of carboxylic acids is 1. The maximum Gasteiger partial charge on any atom is 0.305 e. The summed E-state index contributed by atoms with van der Waals surface area (Å²) in [4.78, 5) is 10.2. The first-order valence-electron chi connectivity index (χ1n) is 3.04. The second kappa shape index (κ2) is 6.18. The van der Waals surface area contributed by atoms with Gasteiger partial charge < -0.3 is 9.66 Å². The van der Waals surface area contributed by atoms with Gasteiger partial charge in [0.05, 0.1) is 12.3 Å². The first-order valence-corrected chi connectivity index (χ1v) is 4.79. The topological polar surface area (TPSA) is 86.6 Å². The molecular formula is C5H9NO4S2. The van der Waals surface area contributed by atoms with Crippen molar-refractivity contribution in [3.05, 3.63) is 0 Å². The Kier molecular flexibility index (Phi) is 5.99. The summed E-state index contributed by atoms with van der Waals surface area (Å²) in [5.41, 5.74) is 0. The van der Waals surface area contributed by atoms with Crippen molar-refractivity contribution in [2.45, 2.75) is 12.5 Å². The van der Waals surface area contributed by atoms with E-state index in [2.05, 4.69) is 17.5 Å². The van der Waals surface area contributed by atoms with Gasteiger partial charge in [0.2, 0.25) is 0 Å². The molecular weight excluding hydrogens is 202 g/mol. The van der Waals surface area contributed by atoms with Crippen LogP contribution in [0.15, 0.2) is 0 Å². The molecule has 0 fully saturated rings. The fourth-order valence-corrected chi connectivity index (χ4v) is 1.08. The van der Waals surface area contributed by atoms with Gasteiger partial charge in [0.25, 0.3) is 0 Å². The van der Waals surface area contributed by atoms with Crippen LogP contribution in [-0.2, 0) is 15.9 Å². The number of nitrogens with one attached hydrogen (secondary N) is 1. The van der Waals surface area contributed by atoms with Crippen LogP contribution in [0.1, 0.15) is 6.42 Å². The van der Waals surface area contributed by atoms with Gasteiger partial charge in [0.1, 0.15) is 0 Å². The first kappa shape index (κ1) is 11.6. The summed E-state index contributed by atoms with van der Waals surface area (Å²) < 4.78 is 18.5. The number of rotatable bonds is 6. The quantitative estimate of drug-likeness (QED) is 0.409. The van der Waals surface area contributed by atoms with Crippen LogP contribution in [0.5, 0.6) is 0 Å². The van der Waals surface area contributed by atoms with E-state index in [-0.39, 0.29) is 12.3 Å². The van der Waals surface area contributed by atoms with Gasteiger partial charge in [-0.1, -0.05) is 12.2 Å². The predicted octanol–water partition coefficient (Wildman–Crippen LogP) is -0.402. The molecule has 2 atom stereocenters. The lowest BCUT2D eigenvalue weighted by molar-refractivity contribution is -0.137. The Balaban J connectivity index is 3.75. The Bertz CT molecular complexity index is 196. The van der Waals surface area contributed by atoms with E-state index in [1.165, 1.54) is 5.37 Å². The fraction of sp³-hybridized carbons (Fsp3) is 0.600. The average molecular weight is 211 g/mol. The molecule has 0 aliphatic carbocycles. The zero-order valence-electron chi connectivity index (χ0n) is 6.10. The van der Waals surface area contributed by atoms with Crippen LogP contribution in [0.25, 0.3) is 0 Å². The van der Waals surface area contributed by atoms with E-state index in [1.54, 1.807) is 0 Å². The van der Waals surface area contributed by atoms with Crippen LogP contribution in [0.3, 0.4) is 0 Å². The van der Waals surface area contributed by atoms with Crippen LogP contribution < -0.4 is 5.32 Å². The molecule has 70 valence electrons.